The van der Waals surface area contributed by atoms with E-state index in [-0.39, 0.29) is 30.1 Å². The zero-order valence-electron chi connectivity index (χ0n) is 16.6. The lowest BCUT2D eigenvalue weighted by Crippen LogP contribution is -2.41. The van der Waals surface area contributed by atoms with Gasteiger partial charge in [-0.25, -0.2) is 4.39 Å². The number of ether oxygens (including phenoxy) is 1. The average Bonchev–Trinajstić information content (AvgIpc) is 3.10. The van der Waals surface area contributed by atoms with Gasteiger partial charge in [-0.2, -0.15) is 0 Å². The summed E-state index contributed by atoms with van der Waals surface area (Å²) in [7, 11) is 0. The first kappa shape index (κ1) is 21.4. The van der Waals surface area contributed by atoms with Gasteiger partial charge in [0.15, 0.2) is 11.0 Å². The fraction of sp³-hybridized carbons (Fsp3) is 0.476. The maximum atomic E-state index is 13.0. The summed E-state index contributed by atoms with van der Waals surface area (Å²) in [6.07, 6.45) is 6.39. The SMILES string of the molecule is C=CCn1c(COc2ccc(F)cc2)nnc1SCC(=O)N[C@@H]1CCCC[C@H]1C. The molecule has 1 aliphatic rings. The van der Waals surface area contributed by atoms with E-state index in [0.717, 1.165) is 6.42 Å². The number of thioether (sulfide) groups is 1. The molecule has 2 aromatic rings. The van der Waals surface area contributed by atoms with Gasteiger partial charge in [0.05, 0.1) is 5.75 Å². The molecule has 0 aliphatic heterocycles. The summed E-state index contributed by atoms with van der Waals surface area (Å²) < 4.78 is 20.6. The van der Waals surface area contributed by atoms with Gasteiger partial charge in [0.25, 0.3) is 0 Å². The topological polar surface area (TPSA) is 69.0 Å². The average molecular weight is 419 g/mol. The second-order valence-electron chi connectivity index (χ2n) is 7.27. The number of nitrogens with one attached hydrogen (secondary N) is 1. The molecule has 1 aromatic carbocycles. The molecule has 1 amide bonds. The van der Waals surface area contributed by atoms with Gasteiger partial charge in [-0.1, -0.05) is 37.6 Å². The molecule has 0 unspecified atom stereocenters. The van der Waals surface area contributed by atoms with Crippen molar-refractivity contribution in [2.45, 2.75) is 57.0 Å². The Morgan fingerprint density at radius 1 is 1.34 bits per heavy atom. The van der Waals surface area contributed by atoms with E-state index in [4.69, 9.17) is 4.74 Å². The zero-order chi connectivity index (χ0) is 20.6. The Kier molecular flexibility index (Phi) is 7.69. The molecule has 6 nitrogen and oxygen atoms in total. The van der Waals surface area contributed by atoms with Crippen molar-refractivity contribution in [1.82, 2.24) is 20.1 Å². The molecule has 0 saturated heterocycles. The van der Waals surface area contributed by atoms with Crippen LogP contribution in [0, 0.1) is 11.7 Å². The van der Waals surface area contributed by atoms with Crippen LogP contribution in [0.4, 0.5) is 4.39 Å². The van der Waals surface area contributed by atoms with Crippen molar-refractivity contribution in [1.29, 1.82) is 0 Å². The smallest absolute Gasteiger partial charge is 0.230 e. The molecule has 3 rings (SSSR count). The van der Waals surface area contributed by atoms with E-state index >= 15 is 0 Å². The highest BCUT2D eigenvalue weighted by atomic mass is 32.2. The first-order valence-corrected chi connectivity index (χ1v) is 10.9. The van der Waals surface area contributed by atoms with Crippen LogP contribution in [0.5, 0.6) is 5.75 Å². The maximum absolute atomic E-state index is 13.0. The summed E-state index contributed by atoms with van der Waals surface area (Å²) in [6, 6.07) is 6.09. The lowest BCUT2D eigenvalue weighted by atomic mass is 9.86. The van der Waals surface area contributed by atoms with Crippen molar-refractivity contribution < 1.29 is 13.9 Å². The van der Waals surface area contributed by atoms with E-state index in [1.165, 1.54) is 43.2 Å². The fourth-order valence-electron chi connectivity index (χ4n) is 3.43. The molecule has 0 bridgehead atoms. The molecule has 1 aliphatic carbocycles. The summed E-state index contributed by atoms with van der Waals surface area (Å²) in [5, 5.41) is 12.2. The van der Waals surface area contributed by atoms with Gasteiger partial charge in [-0.15, -0.1) is 16.8 Å². The van der Waals surface area contributed by atoms with Crippen molar-refractivity contribution in [2.24, 2.45) is 5.92 Å². The van der Waals surface area contributed by atoms with Gasteiger partial charge in [0.1, 0.15) is 18.2 Å². The molecule has 29 heavy (non-hydrogen) atoms. The third kappa shape index (κ3) is 6.06. The van der Waals surface area contributed by atoms with Crippen LogP contribution < -0.4 is 10.1 Å². The third-order valence-electron chi connectivity index (χ3n) is 5.08. The van der Waals surface area contributed by atoms with Crippen LogP contribution in [0.15, 0.2) is 42.1 Å². The molecular weight excluding hydrogens is 391 g/mol. The fourth-order valence-corrected chi connectivity index (χ4v) is 4.21. The van der Waals surface area contributed by atoms with Crippen molar-refractivity contribution in [3.63, 3.8) is 0 Å². The first-order chi connectivity index (χ1) is 14.1. The second kappa shape index (κ2) is 10.4. The van der Waals surface area contributed by atoms with Gasteiger partial charge in [-0.05, 0) is 43.0 Å². The molecule has 1 saturated carbocycles. The molecular formula is C21H27FN4O2S. The Labute approximate surface area is 174 Å². The van der Waals surface area contributed by atoms with Crippen molar-refractivity contribution in [3.05, 3.63) is 48.6 Å². The number of allylic oxidation sites excluding steroid dienone is 1. The lowest BCUT2D eigenvalue weighted by molar-refractivity contribution is -0.119. The van der Waals surface area contributed by atoms with E-state index in [9.17, 15) is 9.18 Å². The minimum absolute atomic E-state index is 0.0195. The minimum atomic E-state index is -0.313. The molecule has 156 valence electrons. The quantitative estimate of drug-likeness (QED) is 0.493. The van der Waals surface area contributed by atoms with Crippen LogP contribution in [0.25, 0.3) is 0 Å². The summed E-state index contributed by atoms with van der Waals surface area (Å²) in [6.45, 7) is 6.68. The first-order valence-electron chi connectivity index (χ1n) is 9.90. The predicted molar refractivity (Wildman–Crippen MR) is 111 cm³/mol. The molecule has 0 spiro atoms. The van der Waals surface area contributed by atoms with Gasteiger partial charge in [-0.3, -0.25) is 9.36 Å². The Balaban J connectivity index is 1.56. The highest BCUT2D eigenvalue weighted by molar-refractivity contribution is 7.99. The molecule has 1 fully saturated rings. The number of amides is 1. The number of halogens is 1. The Morgan fingerprint density at radius 3 is 2.83 bits per heavy atom. The number of aromatic nitrogens is 3. The summed E-state index contributed by atoms with van der Waals surface area (Å²) >= 11 is 1.35. The second-order valence-corrected chi connectivity index (χ2v) is 8.21. The largest absolute Gasteiger partial charge is 0.486 e. The molecule has 1 aromatic heterocycles. The van der Waals surface area contributed by atoms with Crippen LogP contribution in [-0.2, 0) is 17.9 Å². The van der Waals surface area contributed by atoms with Gasteiger partial charge < -0.3 is 10.1 Å². The normalized spacial score (nSPS) is 19.0. The van der Waals surface area contributed by atoms with Crippen molar-refractivity contribution in [3.8, 4) is 5.75 Å². The number of hydrogen-bond acceptors (Lipinski definition) is 5. The van der Waals surface area contributed by atoms with Crippen molar-refractivity contribution >= 4 is 17.7 Å². The van der Waals surface area contributed by atoms with E-state index in [2.05, 4.69) is 29.0 Å². The third-order valence-corrected chi connectivity index (χ3v) is 6.04. The Bertz CT molecular complexity index is 825. The highest BCUT2D eigenvalue weighted by Gasteiger charge is 2.23. The number of carbonyl (C=O) groups excluding carboxylic acids is 1. The van der Waals surface area contributed by atoms with Gasteiger partial charge >= 0.3 is 0 Å². The van der Waals surface area contributed by atoms with E-state index < -0.39 is 0 Å². The molecule has 1 heterocycles. The van der Waals surface area contributed by atoms with Crippen LogP contribution in [0.1, 0.15) is 38.4 Å². The molecule has 1 N–H and O–H groups in total. The number of rotatable bonds is 9. The van der Waals surface area contributed by atoms with Crippen LogP contribution in [0.2, 0.25) is 0 Å². The Morgan fingerprint density at radius 2 is 2.10 bits per heavy atom. The maximum Gasteiger partial charge on any atom is 0.230 e. The zero-order valence-corrected chi connectivity index (χ0v) is 17.5. The van der Waals surface area contributed by atoms with E-state index in [1.54, 1.807) is 18.2 Å². The number of benzene rings is 1. The summed E-state index contributed by atoms with van der Waals surface area (Å²) in [5.41, 5.74) is 0. The predicted octanol–water partition coefficient (Wildman–Crippen LogP) is 3.97. The number of nitrogens with zero attached hydrogens (tertiary/aromatic N) is 3. The Hall–Kier alpha value is -2.35. The monoisotopic (exact) mass is 418 g/mol. The van der Waals surface area contributed by atoms with Crippen LogP contribution in [-0.4, -0.2) is 32.5 Å². The number of hydrogen-bond donors (Lipinski definition) is 1. The number of carbonyl (C=O) groups is 1. The van der Waals surface area contributed by atoms with Gasteiger partial charge in [0.2, 0.25) is 5.91 Å². The van der Waals surface area contributed by atoms with Crippen molar-refractivity contribution in [2.75, 3.05) is 5.75 Å². The molecule has 8 heteroatoms. The minimum Gasteiger partial charge on any atom is -0.486 e. The van der Waals surface area contributed by atoms with E-state index in [1.807, 2.05) is 4.57 Å². The van der Waals surface area contributed by atoms with Gasteiger partial charge in [0, 0.05) is 12.6 Å². The lowest BCUT2D eigenvalue weighted by Gasteiger charge is -2.29. The van der Waals surface area contributed by atoms with Crippen LogP contribution >= 0.6 is 11.8 Å². The van der Waals surface area contributed by atoms with E-state index in [0.29, 0.717) is 29.2 Å². The molecule has 0 radical (unpaired) electrons. The summed E-state index contributed by atoms with van der Waals surface area (Å²) in [4.78, 5) is 12.4. The summed E-state index contributed by atoms with van der Waals surface area (Å²) in [5.74, 6) is 1.69. The van der Waals surface area contributed by atoms with Crippen LogP contribution in [0.3, 0.4) is 0 Å². The highest BCUT2D eigenvalue weighted by Crippen LogP contribution is 2.24. The molecule has 2 atom stereocenters. The standard InChI is InChI=1S/C21H27FN4O2S/c1-3-12-26-19(13-28-17-10-8-16(22)9-11-17)24-25-21(26)29-14-20(27)23-18-7-5-4-6-15(18)2/h3,8-11,15,18H,1,4-7,12-14H2,2H3,(H,23,27)/t15-,18-/m1/s1.